The van der Waals surface area contributed by atoms with Crippen LogP contribution in [0, 0.1) is 0 Å². The number of nitrogens with zero attached hydrogens (tertiary/aromatic N) is 4. The smallest absolute Gasteiger partial charge is 0.379 e. The number of methoxy groups -OCH3 is 1. The van der Waals surface area contributed by atoms with Crippen molar-refractivity contribution in [2.45, 2.75) is 6.10 Å². The van der Waals surface area contributed by atoms with Crippen LogP contribution in [-0.4, -0.2) is 64.9 Å². The molecule has 15 heteroatoms. The quantitative estimate of drug-likeness (QED) is 0.180. The molecule has 3 aromatic rings. The maximum absolute atomic E-state index is 12.9. The molecule has 1 saturated heterocycles. The van der Waals surface area contributed by atoms with Gasteiger partial charge in [0.15, 0.2) is 5.76 Å². The molecule has 0 aromatic carbocycles. The molecule has 4 rings (SSSR count). The van der Waals surface area contributed by atoms with Crippen LogP contribution in [0.1, 0.15) is 10.6 Å². The molecule has 0 radical (unpaired) electrons. The van der Waals surface area contributed by atoms with E-state index in [4.69, 9.17) is 30.1 Å². The summed E-state index contributed by atoms with van der Waals surface area (Å²) >= 11 is 2.76. The van der Waals surface area contributed by atoms with Gasteiger partial charge in [0, 0.05) is 23.8 Å². The summed E-state index contributed by atoms with van der Waals surface area (Å²) in [5.74, 6) is 1.20. The topological polar surface area (TPSA) is 190 Å². The molecule has 13 nitrogen and oxygen atoms in total. The Bertz CT molecular complexity index is 1370. The summed E-state index contributed by atoms with van der Waals surface area (Å²) in [5, 5.41) is 10.5. The summed E-state index contributed by atoms with van der Waals surface area (Å²) in [6.45, 7) is 0.398. The van der Waals surface area contributed by atoms with Gasteiger partial charge in [0.1, 0.15) is 23.9 Å². The molecule has 0 bridgehead atoms. The van der Waals surface area contributed by atoms with Crippen molar-refractivity contribution < 1.29 is 23.4 Å². The van der Waals surface area contributed by atoms with Gasteiger partial charge in [-0.1, -0.05) is 11.3 Å². The fourth-order valence-corrected chi connectivity index (χ4v) is 4.30. The molecule has 0 aliphatic carbocycles. The number of amidine groups is 1. The number of aliphatic imine (C=N–C) groups is 1. The largest absolute Gasteiger partial charge is 0.494 e. The number of thioether (sulfide) groups is 1. The number of amides is 1. The van der Waals surface area contributed by atoms with Crippen LogP contribution in [0.3, 0.4) is 0 Å². The number of hydrogen-bond acceptors (Lipinski definition) is 13. The number of nitrogens with one attached hydrogen (secondary N) is 1. The van der Waals surface area contributed by atoms with Crippen LogP contribution in [0.25, 0.3) is 11.3 Å². The van der Waals surface area contributed by atoms with E-state index in [-0.39, 0.29) is 45.9 Å². The first-order valence-electron chi connectivity index (χ1n) is 10.9. The third-order valence-corrected chi connectivity index (χ3v) is 6.74. The molecule has 1 amide bonds. The summed E-state index contributed by atoms with van der Waals surface area (Å²) in [6, 6.07) is 4.70. The minimum atomic E-state index is -0.863. The Morgan fingerprint density at radius 2 is 2.19 bits per heavy atom. The van der Waals surface area contributed by atoms with Gasteiger partial charge in [-0.3, -0.25) is 15.1 Å². The monoisotopic (exact) mass is 545 g/mol. The molecule has 194 valence electrons. The van der Waals surface area contributed by atoms with Crippen molar-refractivity contribution >= 4 is 45.1 Å². The molecule has 3 aromatic heterocycles. The highest BCUT2D eigenvalue weighted by atomic mass is 32.2. The average molecular weight is 546 g/mol. The van der Waals surface area contributed by atoms with Crippen molar-refractivity contribution in [2.24, 2.45) is 16.5 Å². The van der Waals surface area contributed by atoms with Crippen molar-refractivity contribution in [1.82, 2.24) is 15.2 Å². The molecule has 0 saturated carbocycles. The number of nitrogens with two attached hydrogens (primary N) is 2. The van der Waals surface area contributed by atoms with Gasteiger partial charge in [-0.25, -0.2) is 9.79 Å². The molecule has 0 unspecified atom stereocenters. The van der Waals surface area contributed by atoms with Gasteiger partial charge < -0.3 is 30.1 Å². The van der Waals surface area contributed by atoms with E-state index >= 15 is 0 Å². The van der Waals surface area contributed by atoms with Crippen LogP contribution in [0.5, 0.6) is 11.5 Å². The van der Waals surface area contributed by atoms with E-state index in [1.807, 2.05) is 0 Å². The lowest BCUT2D eigenvalue weighted by Gasteiger charge is -2.24. The second-order valence-electron chi connectivity index (χ2n) is 7.31. The Morgan fingerprint density at radius 3 is 2.92 bits per heavy atom. The van der Waals surface area contributed by atoms with Crippen molar-refractivity contribution in [1.29, 1.82) is 0 Å². The van der Waals surface area contributed by atoms with Crippen LogP contribution in [0.4, 0.5) is 10.3 Å². The zero-order chi connectivity index (χ0) is 26.2. The highest BCUT2D eigenvalue weighted by Gasteiger charge is 2.23. The van der Waals surface area contributed by atoms with Gasteiger partial charge in [0.05, 0.1) is 25.4 Å². The number of pyridine rings is 1. The van der Waals surface area contributed by atoms with E-state index in [0.717, 1.165) is 22.8 Å². The summed E-state index contributed by atoms with van der Waals surface area (Å²) in [7, 11) is 1.47. The van der Waals surface area contributed by atoms with Crippen LogP contribution >= 0.6 is 23.1 Å². The molecule has 1 fully saturated rings. The Balaban J connectivity index is 1.59. The molecule has 37 heavy (non-hydrogen) atoms. The number of rotatable bonds is 11. The zero-order valence-corrected chi connectivity index (χ0v) is 21.2. The molecular weight excluding hydrogens is 522 g/mol. The number of anilines is 1. The molecular formula is C22H23N7O6S2. The van der Waals surface area contributed by atoms with Gasteiger partial charge in [0.2, 0.25) is 16.0 Å². The van der Waals surface area contributed by atoms with Gasteiger partial charge in [-0.2, -0.15) is 11.8 Å². The van der Waals surface area contributed by atoms with E-state index in [1.54, 1.807) is 23.9 Å². The highest BCUT2D eigenvalue weighted by Crippen LogP contribution is 2.34. The lowest BCUT2D eigenvalue weighted by molar-refractivity contribution is 0.0537. The number of carbonyl (C=O) groups excluding carboxylic acids is 1. The maximum Gasteiger partial charge on any atom is 0.379 e. The van der Waals surface area contributed by atoms with Crippen molar-refractivity contribution in [3.8, 4) is 22.8 Å². The SMILES string of the molecule is COc1cccnc1-c1cc(C(=O)Nc2nnc(/N=C(N)/C=C\N)s2)oc(=O)c1OCCOC1CSC1. The number of ether oxygens (including phenoxy) is 3. The standard InChI is InChI=1S/C22H23N7O6S2/c1-32-14-3-2-6-25-17(14)13-9-15(35-20(31)18(13)34-8-7-33-12-10-36-11-12)19(30)27-22-29-28-21(37-22)26-16(24)4-5-23/h2-6,9,12H,7-8,10-11,23H2,1H3,(H2,24,26,28)(H,27,29,30)/b5-4-. The minimum absolute atomic E-state index is 0.107. The second-order valence-corrected chi connectivity index (χ2v) is 9.34. The molecule has 0 atom stereocenters. The molecule has 1 aliphatic rings. The number of hydrogen-bond donors (Lipinski definition) is 3. The Hall–Kier alpha value is -3.95. The molecule has 1 aliphatic heterocycles. The summed E-state index contributed by atoms with van der Waals surface area (Å²) in [6.07, 6.45) is 4.32. The van der Waals surface area contributed by atoms with Crippen LogP contribution in [-0.2, 0) is 4.74 Å². The van der Waals surface area contributed by atoms with Gasteiger partial charge in [0.25, 0.3) is 5.91 Å². The van der Waals surface area contributed by atoms with Gasteiger partial charge in [-0.15, -0.1) is 10.2 Å². The lowest BCUT2D eigenvalue weighted by Crippen LogP contribution is -2.30. The van der Waals surface area contributed by atoms with Gasteiger partial charge in [-0.05, 0) is 24.4 Å². The highest BCUT2D eigenvalue weighted by molar-refractivity contribution is 8.00. The first-order chi connectivity index (χ1) is 18.0. The summed E-state index contributed by atoms with van der Waals surface area (Å²) in [5.41, 5.74) is 10.6. The van der Waals surface area contributed by atoms with Crippen molar-refractivity contribution in [3.05, 3.63) is 52.9 Å². The van der Waals surface area contributed by atoms with E-state index in [9.17, 15) is 9.59 Å². The lowest BCUT2D eigenvalue weighted by atomic mass is 10.1. The molecule has 4 heterocycles. The normalized spacial score (nSPS) is 13.9. The van der Waals surface area contributed by atoms with Crippen LogP contribution < -0.4 is 31.9 Å². The third-order valence-electron chi connectivity index (χ3n) is 4.79. The molecule has 5 N–H and O–H groups in total. The summed E-state index contributed by atoms with van der Waals surface area (Å²) in [4.78, 5) is 34.2. The van der Waals surface area contributed by atoms with Crippen molar-refractivity contribution in [3.63, 3.8) is 0 Å². The fraction of sp³-hybridized carbons (Fsp3) is 0.273. The van der Waals surface area contributed by atoms with E-state index in [0.29, 0.717) is 18.1 Å². The number of carbonyl (C=O) groups is 1. The predicted molar refractivity (Wildman–Crippen MR) is 140 cm³/mol. The van der Waals surface area contributed by atoms with Crippen LogP contribution in [0.15, 0.2) is 50.9 Å². The zero-order valence-electron chi connectivity index (χ0n) is 19.6. The predicted octanol–water partition coefficient (Wildman–Crippen LogP) is 1.79. The minimum Gasteiger partial charge on any atom is -0.494 e. The second kappa shape index (κ2) is 12.3. The third kappa shape index (κ3) is 6.63. The molecule has 0 spiro atoms. The van der Waals surface area contributed by atoms with Gasteiger partial charge >= 0.3 is 5.63 Å². The first kappa shape index (κ1) is 26.1. The first-order valence-corrected chi connectivity index (χ1v) is 12.8. The average Bonchev–Trinajstić information content (AvgIpc) is 3.29. The fourth-order valence-electron chi connectivity index (χ4n) is 3.05. The van der Waals surface area contributed by atoms with Crippen molar-refractivity contribution in [2.75, 3.05) is 37.1 Å². The summed E-state index contributed by atoms with van der Waals surface area (Å²) < 4.78 is 22.1. The number of aromatic nitrogens is 3. The van der Waals surface area contributed by atoms with E-state index in [1.165, 1.54) is 31.6 Å². The van der Waals surface area contributed by atoms with E-state index in [2.05, 4.69) is 25.5 Å². The Morgan fingerprint density at radius 1 is 1.35 bits per heavy atom. The van der Waals surface area contributed by atoms with Crippen LogP contribution in [0.2, 0.25) is 0 Å². The Kier molecular flexibility index (Phi) is 8.71. The maximum atomic E-state index is 12.9. The van der Waals surface area contributed by atoms with E-state index < -0.39 is 11.5 Å². The Labute approximate surface area is 218 Å².